The maximum Gasteiger partial charge on any atom is 0.0443 e. The summed E-state index contributed by atoms with van der Waals surface area (Å²) in [5, 5.41) is 0. The summed E-state index contributed by atoms with van der Waals surface area (Å²) in [6.07, 6.45) is 8.96. The summed E-state index contributed by atoms with van der Waals surface area (Å²) in [7, 11) is 0. The zero-order chi connectivity index (χ0) is 18.6. The number of anilines is 1. The van der Waals surface area contributed by atoms with Crippen LogP contribution in [0, 0.1) is 11.3 Å². The van der Waals surface area contributed by atoms with E-state index in [1.165, 1.54) is 76.1 Å². The van der Waals surface area contributed by atoms with Crippen LogP contribution in [0.2, 0.25) is 0 Å². The van der Waals surface area contributed by atoms with Gasteiger partial charge in [-0.05, 0) is 55.2 Å². The molecule has 0 saturated carbocycles. The van der Waals surface area contributed by atoms with E-state index in [0.717, 1.165) is 5.92 Å². The Morgan fingerprint density at radius 3 is 2.38 bits per heavy atom. The van der Waals surface area contributed by atoms with Crippen LogP contribution in [0.25, 0.3) is 5.57 Å². The standard InChI is InChI=1S/C24H38N2/c1-5-6-15-25-16-18-26(19-17-25)23-10-8-7-9-22(23)20-11-13-21(14-12-20)24(2,3)4/h7-11,21H,5-6,12-19H2,1-4H3. The summed E-state index contributed by atoms with van der Waals surface area (Å²) in [4.78, 5) is 5.25. The second kappa shape index (κ2) is 8.61. The summed E-state index contributed by atoms with van der Waals surface area (Å²) in [5.41, 5.74) is 4.95. The maximum absolute atomic E-state index is 2.64. The van der Waals surface area contributed by atoms with Gasteiger partial charge in [0.1, 0.15) is 0 Å². The third-order valence-corrected chi connectivity index (χ3v) is 6.43. The van der Waals surface area contributed by atoms with Gasteiger partial charge in [-0.3, -0.25) is 4.90 Å². The van der Waals surface area contributed by atoms with E-state index < -0.39 is 0 Å². The quantitative estimate of drug-likeness (QED) is 0.655. The molecule has 0 radical (unpaired) electrons. The monoisotopic (exact) mass is 354 g/mol. The van der Waals surface area contributed by atoms with E-state index in [0.29, 0.717) is 5.41 Å². The number of allylic oxidation sites excluding steroid dienone is 2. The van der Waals surface area contributed by atoms with Crippen LogP contribution in [-0.4, -0.2) is 37.6 Å². The number of benzene rings is 1. The van der Waals surface area contributed by atoms with Crippen LogP contribution in [0.15, 0.2) is 30.3 Å². The van der Waals surface area contributed by atoms with E-state index in [-0.39, 0.29) is 0 Å². The van der Waals surface area contributed by atoms with Crippen molar-refractivity contribution in [1.29, 1.82) is 0 Å². The predicted molar refractivity (Wildman–Crippen MR) is 115 cm³/mol. The lowest BCUT2D eigenvalue weighted by molar-refractivity contribution is 0.225. The lowest BCUT2D eigenvalue weighted by atomic mass is 9.72. The molecular formula is C24H38N2. The molecule has 144 valence electrons. The molecule has 1 atom stereocenters. The van der Waals surface area contributed by atoms with Crippen LogP contribution in [0.3, 0.4) is 0 Å². The van der Waals surface area contributed by atoms with Crippen molar-refractivity contribution in [1.82, 2.24) is 4.90 Å². The molecule has 1 unspecified atom stereocenters. The van der Waals surface area contributed by atoms with E-state index in [1.54, 1.807) is 5.57 Å². The fourth-order valence-electron chi connectivity index (χ4n) is 4.48. The second-order valence-corrected chi connectivity index (χ2v) is 9.27. The largest absolute Gasteiger partial charge is 0.368 e. The average molecular weight is 355 g/mol. The van der Waals surface area contributed by atoms with E-state index in [2.05, 4.69) is 67.8 Å². The van der Waals surface area contributed by atoms with Crippen molar-refractivity contribution in [3.8, 4) is 0 Å². The van der Waals surface area contributed by atoms with Crippen molar-refractivity contribution in [2.45, 2.75) is 59.8 Å². The van der Waals surface area contributed by atoms with Gasteiger partial charge >= 0.3 is 0 Å². The molecule has 2 nitrogen and oxygen atoms in total. The van der Waals surface area contributed by atoms with E-state index in [9.17, 15) is 0 Å². The van der Waals surface area contributed by atoms with Crippen molar-refractivity contribution in [2.75, 3.05) is 37.6 Å². The van der Waals surface area contributed by atoms with Gasteiger partial charge < -0.3 is 4.90 Å². The molecule has 1 fully saturated rings. The Labute approximate surface area is 161 Å². The van der Waals surface area contributed by atoms with Crippen LogP contribution in [0.5, 0.6) is 0 Å². The number of rotatable bonds is 5. The summed E-state index contributed by atoms with van der Waals surface area (Å²) >= 11 is 0. The zero-order valence-corrected chi connectivity index (χ0v) is 17.4. The Kier molecular flexibility index (Phi) is 6.45. The molecule has 26 heavy (non-hydrogen) atoms. The maximum atomic E-state index is 2.64. The van der Waals surface area contributed by atoms with Gasteiger partial charge in [-0.25, -0.2) is 0 Å². The molecule has 1 aromatic carbocycles. The van der Waals surface area contributed by atoms with Crippen LogP contribution < -0.4 is 4.90 Å². The summed E-state index contributed by atoms with van der Waals surface area (Å²) in [6, 6.07) is 9.12. The van der Waals surface area contributed by atoms with Crippen LogP contribution in [-0.2, 0) is 0 Å². The Bertz CT molecular complexity index is 603. The van der Waals surface area contributed by atoms with Crippen LogP contribution in [0.4, 0.5) is 5.69 Å². The summed E-state index contributed by atoms with van der Waals surface area (Å²) in [6.45, 7) is 15.5. The molecular weight excluding hydrogens is 316 g/mol. The van der Waals surface area contributed by atoms with Crippen molar-refractivity contribution in [3.05, 3.63) is 35.9 Å². The minimum Gasteiger partial charge on any atom is -0.368 e. The van der Waals surface area contributed by atoms with Gasteiger partial charge in [0.2, 0.25) is 0 Å². The molecule has 0 amide bonds. The minimum absolute atomic E-state index is 0.427. The first kappa shape index (κ1) is 19.5. The van der Waals surface area contributed by atoms with Gasteiger partial charge in [-0.2, -0.15) is 0 Å². The van der Waals surface area contributed by atoms with Crippen molar-refractivity contribution >= 4 is 11.3 Å². The highest BCUT2D eigenvalue weighted by Gasteiger charge is 2.27. The Balaban J connectivity index is 1.69. The first-order valence-corrected chi connectivity index (χ1v) is 10.7. The summed E-state index contributed by atoms with van der Waals surface area (Å²) in [5.74, 6) is 0.820. The molecule has 2 aliphatic rings. The molecule has 0 aromatic heterocycles. The number of piperazine rings is 1. The zero-order valence-electron chi connectivity index (χ0n) is 17.4. The molecule has 3 rings (SSSR count). The number of para-hydroxylation sites is 1. The highest BCUT2D eigenvalue weighted by Crippen LogP contribution is 2.41. The first-order chi connectivity index (χ1) is 12.5. The van der Waals surface area contributed by atoms with Gasteiger partial charge in [0, 0.05) is 37.4 Å². The lowest BCUT2D eigenvalue weighted by Crippen LogP contribution is -2.46. The Hall–Kier alpha value is -1.28. The molecule has 1 saturated heterocycles. The molecule has 0 N–H and O–H groups in total. The number of nitrogens with zero attached hydrogens (tertiary/aromatic N) is 2. The van der Waals surface area contributed by atoms with Gasteiger partial charge in [-0.15, -0.1) is 0 Å². The molecule has 0 spiro atoms. The third kappa shape index (κ3) is 4.71. The van der Waals surface area contributed by atoms with Gasteiger partial charge in [0.25, 0.3) is 0 Å². The van der Waals surface area contributed by atoms with Crippen LogP contribution in [0.1, 0.15) is 65.4 Å². The number of hydrogen-bond acceptors (Lipinski definition) is 2. The summed E-state index contributed by atoms with van der Waals surface area (Å²) < 4.78 is 0. The van der Waals surface area contributed by atoms with E-state index >= 15 is 0 Å². The SMILES string of the molecule is CCCCN1CCN(c2ccccc2C2=CCC(C(C)(C)C)CC2)CC1. The fourth-order valence-corrected chi connectivity index (χ4v) is 4.48. The second-order valence-electron chi connectivity index (χ2n) is 9.27. The highest BCUT2D eigenvalue weighted by molar-refractivity contribution is 5.77. The Morgan fingerprint density at radius 2 is 1.77 bits per heavy atom. The molecule has 1 aromatic rings. The molecule has 0 bridgehead atoms. The van der Waals surface area contributed by atoms with Crippen molar-refractivity contribution in [3.63, 3.8) is 0 Å². The number of unbranched alkanes of at least 4 members (excludes halogenated alkanes) is 1. The van der Waals surface area contributed by atoms with E-state index in [4.69, 9.17) is 0 Å². The highest BCUT2D eigenvalue weighted by atomic mass is 15.3. The lowest BCUT2D eigenvalue weighted by Gasteiger charge is -2.38. The third-order valence-electron chi connectivity index (χ3n) is 6.43. The van der Waals surface area contributed by atoms with Crippen molar-refractivity contribution in [2.24, 2.45) is 11.3 Å². The van der Waals surface area contributed by atoms with E-state index in [1.807, 2.05) is 0 Å². The van der Waals surface area contributed by atoms with Gasteiger partial charge in [0.15, 0.2) is 0 Å². The minimum atomic E-state index is 0.427. The molecule has 2 heteroatoms. The van der Waals surface area contributed by atoms with Crippen molar-refractivity contribution < 1.29 is 0 Å². The molecule has 1 aliphatic heterocycles. The smallest absolute Gasteiger partial charge is 0.0443 e. The number of hydrogen-bond donors (Lipinski definition) is 0. The van der Waals surface area contributed by atoms with Gasteiger partial charge in [0.05, 0.1) is 0 Å². The normalized spacial score (nSPS) is 22.4. The average Bonchev–Trinajstić information content (AvgIpc) is 2.66. The predicted octanol–water partition coefficient (Wildman–Crippen LogP) is 5.84. The molecule has 1 heterocycles. The van der Waals surface area contributed by atoms with Gasteiger partial charge in [-0.1, -0.05) is 58.4 Å². The first-order valence-electron chi connectivity index (χ1n) is 10.7. The topological polar surface area (TPSA) is 6.48 Å². The van der Waals surface area contributed by atoms with Crippen LogP contribution >= 0.6 is 0 Å². The Morgan fingerprint density at radius 1 is 1.04 bits per heavy atom. The fraction of sp³-hybridized carbons (Fsp3) is 0.667. The molecule has 1 aliphatic carbocycles.